The molecule has 0 radical (unpaired) electrons. The number of sulfonamides is 1. The van der Waals surface area contributed by atoms with E-state index in [0.29, 0.717) is 4.96 Å². The molecule has 3 rings (SSSR count). The Labute approximate surface area is 122 Å². The molecule has 3 heterocycles. The highest BCUT2D eigenvalue weighted by Crippen LogP contribution is 2.25. The number of hydrogen-bond acceptors (Lipinski definition) is 5. The molecule has 0 saturated carbocycles. The lowest BCUT2D eigenvalue weighted by molar-refractivity contribution is 0.576. The monoisotopic (exact) mass is 333 g/mol. The number of halogens is 1. The lowest BCUT2D eigenvalue weighted by Crippen LogP contribution is -2.24. The summed E-state index contributed by atoms with van der Waals surface area (Å²) < 4.78 is 28.5. The molecule has 1 N–H and O–H groups in total. The minimum absolute atomic E-state index is 0.00957. The van der Waals surface area contributed by atoms with Gasteiger partial charge >= 0.3 is 0 Å². The van der Waals surface area contributed by atoms with Crippen LogP contribution in [0.1, 0.15) is 5.56 Å². The average Bonchev–Trinajstić information content (AvgIpc) is 3.01. The normalized spacial score (nSPS) is 12.3. The zero-order valence-corrected chi connectivity index (χ0v) is 12.6. The van der Waals surface area contributed by atoms with Gasteiger partial charge in [0.1, 0.15) is 0 Å². The van der Waals surface area contributed by atoms with E-state index in [0.717, 1.165) is 5.56 Å². The van der Waals surface area contributed by atoms with Crippen LogP contribution in [0.3, 0.4) is 0 Å². The Kier molecular flexibility index (Phi) is 3.35. The summed E-state index contributed by atoms with van der Waals surface area (Å²) in [6.07, 6.45) is 1.64. The molecular weight excluding hydrogens is 326 g/mol. The van der Waals surface area contributed by atoms with Crippen molar-refractivity contribution in [2.45, 2.75) is 11.6 Å². The van der Waals surface area contributed by atoms with Gasteiger partial charge in [-0.2, -0.15) is 11.3 Å². The summed E-state index contributed by atoms with van der Waals surface area (Å²) in [6, 6.07) is 1.87. The first-order valence-electron chi connectivity index (χ1n) is 5.20. The number of fused-ring (bicyclic) bond motifs is 1. The van der Waals surface area contributed by atoms with Crippen molar-refractivity contribution in [3.63, 3.8) is 0 Å². The van der Waals surface area contributed by atoms with E-state index >= 15 is 0 Å². The van der Waals surface area contributed by atoms with E-state index in [4.69, 9.17) is 11.6 Å². The molecule has 19 heavy (non-hydrogen) atoms. The quantitative estimate of drug-likeness (QED) is 0.798. The fourth-order valence-electron chi connectivity index (χ4n) is 1.62. The average molecular weight is 334 g/mol. The van der Waals surface area contributed by atoms with Crippen molar-refractivity contribution in [2.75, 3.05) is 0 Å². The van der Waals surface area contributed by atoms with Crippen molar-refractivity contribution in [1.82, 2.24) is 14.1 Å². The predicted octanol–water partition coefficient (Wildman–Crippen LogP) is 2.59. The van der Waals surface area contributed by atoms with Crippen LogP contribution in [0, 0.1) is 0 Å². The molecule has 5 nitrogen and oxygen atoms in total. The first-order valence-corrected chi connectivity index (χ1v) is 8.88. The van der Waals surface area contributed by atoms with Gasteiger partial charge in [-0.25, -0.2) is 18.1 Å². The van der Waals surface area contributed by atoms with Gasteiger partial charge in [-0.1, -0.05) is 11.6 Å². The van der Waals surface area contributed by atoms with Crippen LogP contribution in [0.5, 0.6) is 0 Å². The molecule has 0 aliphatic heterocycles. The molecule has 0 unspecified atom stereocenters. The van der Waals surface area contributed by atoms with Crippen LogP contribution < -0.4 is 4.72 Å². The van der Waals surface area contributed by atoms with E-state index in [1.165, 1.54) is 27.1 Å². The van der Waals surface area contributed by atoms with Crippen molar-refractivity contribution in [1.29, 1.82) is 0 Å². The summed E-state index contributed by atoms with van der Waals surface area (Å²) in [5, 5.41) is 5.52. The number of thiophene rings is 1. The second-order valence-electron chi connectivity index (χ2n) is 3.72. The molecule has 0 spiro atoms. The van der Waals surface area contributed by atoms with Crippen molar-refractivity contribution >= 4 is 49.3 Å². The maximum absolute atomic E-state index is 12.3. The van der Waals surface area contributed by atoms with E-state index in [-0.39, 0.29) is 16.7 Å². The van der Waals surface area contributed by atoms with Crippen LogP contribution in [0.25, 0.3) is 4.96 Å². The Morgan fingerprint density at radius 3 is 3.00 bits per heavy atom. The Morgan fingerprint density at radius 1 is 1.42 bits per heavy atom. The molecule has 100 valence electrons. The van der Waals surface area contributed by atoms with E-state index in [1.54, 1.807) is 11.6 Å². The minimum atomic E-state index is -3.69. The standard InChI is InChI=1S/C10H8ClN3O2S3/c11-8-9(14-2-4-18-10(14)13-8)19(15,16)12-5-7-1-3-17-6-7/h1-4,6,12H,5H2. The molecule has 3 aromatic rings. The molecule has 9 heteroatoms. The van der Waals surface area contributed by atoms with Crippen LogP contribution in [-0.4, -0.2) is 17.8 Å². The van der Waals surface area contributed by atoms with Crippen LogP contribution >= 0.6 is 34.3 Å². The van der Waals surface area contributed by atoms with Gasteiger partial charge in [-0.3, -0.25) is 4.40 Å². The number of nitrogens with one attached hydrogen (secondary N) is 1. The van der Waals surface area contributed by atoms with Crippen LogP contribution in [0.2, 0.25) is 5.15 Å². The molecule has 3 aromatic heterocycles. The first kappa shape index (κ1) is 13.1. The molecule has 0 fully saturated rings. The smallest absolute Gasteiger partial charge is 0.260 e. The van der Waals surface area contributed by atoms with E-state index < -0.39 is 10.0 Å². The zero-order valence-electron chi connectivity index (χ0n) is 9.41. The van der Waals surface area contributed by atoms with E-state index in [9.17, 15) is 8.42 Å². The molecule has 0 aromatic carbocycles. The third kappa shape index (κ3) is 2.41. The molecule has 0 saturated heterocycles. The minimum Gasteiger partial charge on any atom is -0.279 e. The number of thiazole rings is 1. The highest BCUT2D eigenvalue weighted by molar-refractivity contribution is 7.89. The number of rotatable bonds is 4. The molecule has 0 atom stereocenters. The van der Waals surface area contributed by atoms with Gasteiger partial charge in [0.2, 0.25) is 0 Å². The molecule has 0 aliphatic rings. The summed E-state index contributed by atoms with van der Waals surface area (Å²) in [5.74, 6) is 0. The molecule has 0 aliphatic carbocycles. The van der Waals surface area contributed by atoms with Gasteiger partial charge in [0.25, 0.3) is 10.0 Å². The summed E-state index contributed by atoms with van der Waals surface area (Å²) in [4.78, 5) is 4.57. The molecule has 0 amide bonds. The van der Waals surface area contributed by atoms with Crippen LogP contribution in [0.4, 0.5) is 0 Å². The maximum atomic E-state index is 12.3. The Morgan fingerprint density at radius 2 is 2.26 bits per heavy atom. The van der Waals surface area contributed by atoms with Gasteiger partial charge in [0, 0.05) is 18.1 Å². The van der Waals surface area contributed by atoms with Gasteiger partial charge < -0.3 is 0 Å². The summed E-state index contributed by atoms with van der Waals surface area (Å²) in [6.45, 7) is 0.236. The molecule has 0 bridgehead atoms. The van der Waals surface area contributed by atoms with E-state index in [2.05, 4.69) is 9.71 Å². The number of imidazole rings is 1. The fourth-order valence-corrected chi connectivity index (χ4v) is 4.75. The van der Waals surface area contributed by atoms with Crippen molar-refractivity contribution in [3.8, 4) is 0 Å². The predicted molar refractivity (Wildman–Crippen MR) is 76.4 cm³/mol. The Bertz CT molecular complexity index is 804. The van der Waals surface area contributed by atoms with Crippen LogP contribution in [0.15, 0.2) is 33.4 Å². The van der Waals surface area contributed by atoms with Crippen molar-refractivity contribution < 1.29 is 8.42 Å². The summed E-state index contributed by atoms with van der Waals surface area (Å²) in [7, 11) is -3.69. The topological polar surface area (TPSA) is 63.5 Å². The van der Waals surface area contributed by atoms with E-state index in [1.807, 2.05) is 16.8 Å². The fraction of sp³-hybridized carbons (Fsp3) is 0.100. The SMILES string of the molecule is O=S(=O)(NCc1ccsc1)c1c(Cl)nc2sccn12. The van der Waals surface area contributed by atoms with Gasteiger partial charge in [-0.15, -0.1) is 11.3 Å². The third-order valence-corrected chi connectivity index (χ3v) is 5.77. The molecular formula is C10H8ClN3O2S3. The summed E-state index contributed by atoms with van der Waals surface area (Å²) >= 11 is 8.76. The van der Waals surface area contributed by atoms with Crippen molar-refractivity contribution in [2.24, 2.45) is 0 Å². The lowest BCUT2D eigenvalue weighted by Gasteiger charge is -2.04. The summed E-state index contributed by atoms with van der Waals surface area (Å²) in [5.41, 5.74) is 0.913. The maximum Gasteiger partial charge on any atom is 0.260 e. The van der Waals surface area contributed by atoms with Gasteiger partial charge in [-0.05, 0) is 22.4 Å². The van der Waals surface area contributed by atoms with Crippen molar-refractivity contribution in [3.05, 3.63) is 39.1 Å². The second kappa shape index (κ2) is 4.88. The first-order chi connectivity index (χ1) is 9.08. The highest BCUT2D eigenvalue weighted by atomic mass is 35.5. The zero-order chi connectivity index (χ0) is 13.5. The third-order valence-electron chi connectivity index (χ3n) is 2.48. The largest absolute Gasteiger partial charge is 0.279 e. The Hall–Kier alpha value is -0.930. The van der Waals surface area contributed by atoms with Gasteiger partial charge in [0.05, 0.1) is 0 Å². The second-order valence-corrected chi connectivity index (χ2v) is 7.41. The highest BCUT2D eigenvalue weighted by Gasteiger charge is 2.24. The number of aromatic nitrogens is 2. The number of hydrogen-bond donors (Lipinski definition) is 1. The lowest BCUT2D eigenvalue weighted by atomic mass is 10.4. The Balaban J connectivity index is 1.95. The van der Waals surface area contributed by atoms with Crippen LogP contribution in [-0.2, 0) is 16.6 Å². The number of nitrogens with zero attached hydrogens (tertiary/aromatic N) is 2. The van der Waals surface area contributed by atoms with Gasteiger partial charge in [0.15, 0.2) is 15.1 Å².